The summed E-state index contributed by atoms with van der Waals surface area (Å²) in [7, 11) is 3.30. The van der Waals surface area contributed by atoms with Gasteiger partial charge in [0.05, 0.1) is 14.2 Å². The maximum atomic E-state index is 13.2. The smallest absolute Gasteiger partial charge is 0.279 e. The lowest BCUT2D eigenvalue weighted by molar-refractivity contribution is -1.02. The highest BCUT2D eigenvalue weighted by atomic mass is 19.1. The second-order valence-corrected chi connectivity index (χ2v) is 7.55. The van der Waals surface area contributed by atoms with Gasteiger partial charge < -0.3 is 24.6 Å². The van der Waals surface area contributed by atoms with Gasteiger partial charge >= 0.3 is 0 Å². The quantitative estimate of drug-likeness (QED) is 0.614. The molecule has 156 valence electrons. The van der Waals surface area contributed by atoms with Crippen molar-refractivity contribution in [2.75, 3.05) is 52.3 Å². The van der Waals surface area contributed by atoms with Crippen molar-refractivity contribution in [1.29, 1.82) is 0 Å². The maximum Gasteiger partial charge on any atom is 0.279 e. The number of methoxy groups -OCH3 is 2. The standard InChI is InChI=1S/C22H28FN3O3/c1-16-11-20(28-2)21(29-3)12-17(16)14-25-7-9-26(10-8-25)15-22(27)24-19-6-4-5-18(23)13-19/h4-6,11-13H,7-10,14-15H2,1-3H3,(H,24,27)/p+2. The number of benzene rings is 2. The van der Waals surface area contributed by atoms with Crippen LogP contribution in [-0.2, 0) is 11.3 Å². The Kier molecular flexibility index (Phi) is 7.06. The zero-order valence-electron chi connectivity index (χ0n) is 17.3. The molecule has 0 bridgehead atoms. The summed E-state index contributed by atoms with van der Waals surface area (Å²) >= 11 is 0. The van der Waals surface area contributed by atoms with Gasteiger partial charge in [0.25, 0.3) is 5.91 Å². The summed E-state index contributed by atoms with van der Waals surface area (Å²) in [5.41, 5.74) is 2.95. The first-order valence-corrected chi connectivity index (χ1v) is 9.92. The van der Waals surface area contributed by atoms with E-state index in [1.54, 1.807) is 26.4 Å². The molecular weight excluding hydrogens is 373 g/mol. The predicted octanol–water partition coefficient (Wildman–Crippen LogP) is 0.0734. The van der Waals surface area contributed by atoms with Gasteiger partial charge in [-0.2, -0.15) is 0 Å². The van der Waals surface area contributed by atoms with E-state index < -0.39 is 0 Å². The molecule has 1 heterocycles. The first-order valence-electron chi connectivity index (χ1n) is 9.92. The number of quaternary nitrogens is 2. The highest BCUT2D eigenvalue weighted by molar-refractivity contribution is 5.91. The van der Waals surface area contributed by atoms with Gasteiger partial charge in [-0.15, -0.1) is 0 Å². The molecule has 1 saturated heterocycles. The Hall–Kier alpha value is -2.64. The van der Waals surface area contributed by atoms with Crippen molar-refractivity contribution in [3.8, 4) is 11.5 Å². The van der Waals surface area contributed by atoms with Gasteiger partial charge in [-0.25, -0.2) is 4.39 Å². The molecule has 2 aromatic carbocycles. The first kappa shape index (κ1) is 21.1. The molecule has 0 unspecified atom stereocenters. The second kappa shape index (κ2) is 9.71. The summed E-state index contributed by atoms with van der Waals surface area (Å²) in [4.78, 5) is 15.0. The predicted molar refractivity (Wildman–Crippen MR) is 109 cm³/mol. The van der Waals surface area contributed by atoms with E-state index in [0.717, 1.165) is 44.2 Å². The Morgan fingerprint density at radius 2 is 1.69 bits per heavy atom. The molecule has 1 amide bonds. The molecule has 1 aliphatic rings. The maximum absolute atomic E-state index is 13.2. The van der Waals surface area contributed by atoms with Gasteiger partial charge in [0.1, 0.15) is 38.5 Å². The van der Waals surface area contributed by atoms with Crippen molar-refractivity contribution in [1.82, 2.24) is 0 Å². The number of carbonyl (C=O) groups excluding carboxylic acids is 1. The summed E-state index contributed by atoms with van der Waals surface area (Å²) in [6.07, 6.45) is 0. The Balaban J connectivity index is 1.50. The van der Waals surface area contributed by atoms with Crippen LogP contribution in [-0.4, -0.2) is 52.9 Å². The van der Waals surface area contributed by atoms with Crippen LogP contribution in [0.4, 0.5) is 10.1 Å². The lowest BCUT2D eigenvalue weighted by atomic mass is 10.1. The number of rotatable bonds is 7. The monoisotopic (exact) mass is 403 g/mol. The molecule has 1 fully saturated rings. The molecule has 0 radical (unpaired) electrons. The second-order valence-electron chi connectivity index (χ2n) is 7.55. The summed E-state index contributed by atoms with van der Waals surface area (Å²) in [6.45, 7) is 7.27. The highest BCUT2D eigenvalue weighted by Gasteiger charge is 2.25. The van der Waals surface area contributed by atoms with E-state index in [1.807, 2.05) is 6.07 Å². The number of hydrogen-bond donors (Lipinski definition) is 3. The minimum Gasteiger partial charge on any atom is -0.493 e. The van der Waals surface area contributed by atoms with Crippen LogP contribution in [0, 0.1) is 12.7 Å². The number of carbonyl (C=O) groups is 1. The Bertz CT molecular complexity index is 851. The summed E-state index contributed by atoms with van der Waals surface area (Å²) < 4.78 is 24.0. The molecule has 6 nitrogen and oxygen atoms in total. The van der Waals surface area contributed by atoms with Gasteiger partial charge in [-0.1, -0.05) is 6.07 Å². The Labute approximate surface area is 171 Å². The Morgan fingerprint density at radius 1 is 1.03 bits per heavy atom. The summed E-state index contributed by atoms with van der Waals surface area (Å²) in [5.74, 6) is 1.08. The van der Waals surface area contributed by atoms with Gasteiger partial charge in [0, 0.05) is 11.3 Å². The molecule has 2 aromatic rings. The lowest BCUT2D eigenvalue weighted by Crippen LogP contribution is -3.28. The van der Waals surface area contributed by atoms with Crippen molar-refractivity contribution in [2.24, 2.45) is 0 Å². The molecule has 0 aliphatic carbocycles. The lowest BCUT2D eigenvalue weighted by Gasteiger charge is -2.29. The summed E-state index contributed by atoms with van der Waals surface area (Å²) in [5, 5.41) is 2.78. The first-order chi connectivity index (χ1) is 14.0. The van der Waals surface area contributed by atoms with Crippen molar-refractivity contribution in [3.63, 3.8) is 0 Å². The minimum absolute atomic E-state index is 0.0789. The number of amides is 1. The Morgan fingerprint density at radius 3 is 2.34 bits per heavy atom. The van der Waals surface area contributed by atoms with Crippen LogP contribution in [0.15, 0.2) is 36.4 Å². The molecule has 7 heteroatoms. The molecule has 0 atom stereocenters. The normalized spacial score (nSPS) is 18.9. The number of halogens is 1. The molecule has 1 aliphatic heterocycles. The molecule has 0 aromatic heterocycles. The molecule has 3 N–H and O–H groups in total. The van der Waals surface area contributed by atoms with Crippen molar-refractivity contribution < 1.29 is 28.5 Å². The van der Waals surface area contributed by atoms with Crippen LogP contribution in [0.5, 0.6) is 11.5 Å². The van der Waals surface area contributed by atoms with Crippen molar-refractivity contribution in [3.05, 3.63) is 53.3 Å². The highest BCUT2D eigenvalue weighted by Crippen LogP contribution is 2.29. The van der Waals surface area contributed by atoms with E-state index in [9.17, 15) is 9.18 Å². The fourth-order valence-electron chi connectivity index (χ4n) is 3.79. The van der Waals surface area contributed by atoms with E-state index in [1.165, 1.54) is 33.1 Å². The number of aryl methyl sites for hydroxylation is 1. The minimum atomic E-state index is -0.349. The van der Waals surface area contributed by atoms with E-state index in [0.29, 0.717) is 12.2 Å². The fourth-order valence-corrected chi connectivity index (χ4v) is 3.79. The van der Waals surface area contributed by atoms with E-state index in [-0.39, 0.29) is 11.7 Å². The van der Waals surface area contributed by atoms with Crippen LogP contribution >= 0.6 is 0 Å². The molecule has 0 saturated carbocycles. The molecule has 3 rings (SSSR count). The van der Waals surface area contributed by atoms with Gasteiger partial charge in [0.2, 0.25) is 0 Å². The third-order valence-electron chi connectivity index (χ3n) is 5.47. The molecular formula is C22H30FN3O3+2. The SMILES string of the molecule is COc1cc(C)c(C[NH+]2CC[NH+](CC(=O)Nc3cccc(F)c3)CC2)cc1OC. The van der Waals surface area contributed by atoms with Crippen LogP contribution < -0.4 is 24.6 Å². The number of nitrogens with one attached hydrogen (secondary N) is 3. The van der Waals surface area contributed by atoms with Crippen molar-refractivity contribution >= 4 is 11.6 Å². The van der Waals surface area contributed by atoms with E-state index in [4.69, 9.17) is 9.47 Å². The zero-order valence-corrected chi connectivity index (χ0v) is 17.3. The fraction of sp³-hybridized carbons (Fsp3) is 0.409. The number of ether oxygens (including phenoxy) is 2. The zero-order chi connectivity index (χ0) is 20.8. The van der Waals surface area contributed by atoms with E-state index >= 15 is 0 Å². The molecule has 0 spiro atoms. The number of anilines is 1. The topological polar surface area (TPSA) is 56.4 Å². The van der Waals surface area contributed by atoms with Crippen LogP contribution in [0.25, 0.3) is 0 Å². The van der Waals surface area contributed by atoms with Crippen LogP contribution in [0.1, 0.15) is 11.1 Å². The number of hydrogen-bond acceptors (Lipinski definition) is 3. The van der Waals surface area contributed by atoms with Crippen molar-refractivity contribution in [2.45, 2.75) is 13.5 Å². The van der Waals surface area contributed by atoms with E-state index in [2.05, 4.69) is 18.3 Å². The largest absolute Gasteiger partial charge is 0.493 e. The van der Waals surface area contributed by atoms with Gasteiger partial charge in [-0.3, -0.25) is 4.79 Å². The van der Waals surface area contributed by atoms with Gasteiger partial charge in [0.15, 0.2) is 18.0 Å². The number of piperazine rings is 1. The average molecular weight is 403 g/mol. The third-order valence-corrected chi connectivity index (χ3v) is 5.47. The van der Waals surface area contributed by atoms with Crippen LogP contribution in [0.2, 0.25) is 0 Å². The third kappa shape index (κ3) is 5.68. The average Bonchev–Trinajstić information content (AvgIpc) is 2.70. The van der Waals surface area contributed by atoms with Crippen LogP contribution in [0.3, 0.4) is 0 Å². The molecule has 29 heavy (non-hydrogen) atoms. The van der Waals surface area contributed by atoms with Gasteiger partial charge in [-0.05, 0) is 42.8 Å². The summed E-state index contributed by atoms with van der Waals surface area (Å²) in [6, 6.07) is 10.1.